The van der Waals surface area contributed by atoms with Crippen molar-refractivity contribution in [2.24, 2.45) is 5.73 Å². The maximum atomic E-state index is 12.9. The topological polar surface area (TPSA) is 110 Å². The summed E-state index contributed by atoms with van der Waals surface area (Å²) < 4.78 is 32.7. The Morgan fingerprint density at radius 3 is 2.58 bits per heavy atom. The Morgan fingerprint density at radius 2 is 1.85 bits per heavy atom. The van der Waals surface area contributed by atoms with Gasteiger partial charge in [-0.2, -0.15) is 4.31 Å². The average molecular weight is 472 g/mol. The first-order chi connectivity index (χ1) is 15.8. The summed E-state index contributed by atoms with van der Waals surface area (Å²) in [5, 5.41) is 0. The highest BCUT2D eigenvalue weighted by Crippen LogP contribution is 2.33. The van der Waals surface area contributed by atoms with Crippen LogP contribution in [0.1, 0.15) is 53.2 Å². The SMILES string of the molecule is CN(C(=O)COc1ccc(S(=O)(=O)N2CCCC2)cc1C(N)=O)[C@H]1CCCc2ccccc21. The number of hydrogen-bond donors (Lipinski definition) is 1. The molecule has 0 aromatic heterocycles. The molecule has 33 heavy (non-hydrogen) atoms. The number of ether oxygens (including phenoxy) is 1. The fourth-order valence-corrected chi connectivity index (χ4v) is 6.16. The lowest BCUT2D eigenvalue weighted by Crippen LogP contribution is -2.36. The zero-order valence-corrected chi connectivity index (χ0v) is 19.5. The van der Waals surface area contributed by atoms with Gasteiger partial charge in [0.05, 0.1) is 16.5 Å². The van der Waals surface area contributed by atoms with Crippen LogP contribution in [0.3, 0.4) is 0 Å². The molecule has 0 unspecified atom stereocenters. The van der Waals surface area contributed by atoms with Crippen molar-refractivity contribution in [3.05, 3.63) is 59.2 Å². The molecule has 1 aliphatic heterocycles. The highest BCUT2D eigenvalue weighted by Gasteiger charge is 2.29. The molecule has 1 atom stereocenters. The molecule has 8 nitrogen and oxygen atoms in total. The first kappa shape index (κ1) is 23.3. The molecule has 0 spiro atoms. The molecule has 1 fully saturated rings. The van der Waals surface area contributed by atoms with E-state index in [4.69, 9.17) is 10.5 Å². The first-order valence-electron chi connectivity index (χ1n) is 11.2. The Kier molecular flexibility index (Phi) is 6.71. The fraction of sp³-hybridized carbons (Fsp3) is 0.417. The largest absolute Gasteiger partial charge is 0.483 e. The number of carbonyl (C=O) groups excluding carboxylic acids is 2. The van der Waals surface area contributed by atoms with Gasteiger partial charge in [0.1, 0.15) is 5.75 Å². The minimum absolute atomic E-state index is 0.00666. The van der Waals surface area contributed by atoms with E-state index in [0.717, 1.165) is 37.7 Å². The molecule has 0 radical (unpaired) electrons. The van der Waals surface area contributed by atoms with Crippen LogP contribution in [-0.2, 0) is 21.2 Å². The molecule has 0 bridgehead atoms. The van der Waals surface area contributed by atoms with Crippen LogP contribution in [0.15, 0.2) is 47.4 Å². The van der Waals surface area contributed by atoms with E-state index in [1.807, 2.05) is 12.1 Å². The van der Waals surface area contributed by atoms with E-state index in [1.165, 1.54) is 28.1 Å². The molecule has 2 aromatic carbocycles. The lowest BCUT2D eigenvalue weighted by Gasteiger charge is -2.33. The van der Waals surface area contributed by atoms with E-state index in [-0.39, 0.29) is 34.8 Å². The molecule has 4 rings (SSSR count). The van der Waals surface area contributed by atoms with Crippen molar-refractivity contribution in [2.45, 2.75) is 43.0 Å². The molecule has 2 amide bonds. The number of sulfonamides is 1. The first-order valence-corrected chi connectivity index (χ1v) is 12.6. The van der Waals surface area contributed by atoms with Gasteiger partial charge in [-0.3, -0.25) is 9.59 Å². The molecule has 9 heteroatoms. The molecule has 2 aliphatic rings. The van der Waals surface area contributed by atoms with E-state index in [1.54, 1.807) is 11.9 Å². The quantitative estimate of drug-likeness (QED) is 0.667. The number of hydrogen-bond acceptors (Lipinski definition) is 5. The lowest BCUT2D eigenvalue weighted by molar-refractivity contribution is -0.134. The van der Waals surface area contributed by atoms with Crippen molar-refractivity contribution in [3.8, 4) is 5.75 Å². The number of likely N-dealkylation sites (N-methyl/N-ethyl adjacent to an activating group) is 1. The van der Waals surface area contributed by atoms with Crippen LogP contribution < -0.4 is 10.5 Å². The molecule has 1 saturated heterocycles. The molecule has 176 valence electrons. The van der Waals surface area contributed by atoms with Gasteiger partial charge in [-0.05, 0) is 61.4 Å². The summed E-state index contributed by atoms with van der Waals surface area (Å²) in [5.74, 6) is -0.958. The maximum Gasteiger partial charge on any atom is 0.260 e. The Hall–Kier alpha value is -2.91. The number of aryl methyl sites for hydroxylation is 1. The smallest absolute Gasteiger partial charge is 0.260 e. The van der Waals surface area contributed by atoms with Gasteiger partial charge >= 0.3 is 0 Å². The van der Waals surface area contributed by atoms with Crippen LogP contribution in [0.2, 0.25) is 0 Å². The van der Waals surface area contributed by atoms with Gasteiger partial charge in [-0.25, -0.2) is 8.42 Å². The second-order valence-electron chi connectivity index (χ2n) is 8.53. The van der Waals surface area contributed by atoms with Crippen LogP contribution in [0, 0.1) is 0 Å². The molecule has 1 aliphatic carbocycles. The van der Waals surface area contributed by atoms with Crippen molar-refractivity contribution in [2.75, 3.05) is 26.7 Å². The summed E-state index contributed by atoms with van der Waals surface area (Å²) in [6.07, 6.45) is 4.49. The van der Waals surface area contributed by atoms with Crippen molar-refractivity contribution in [1.29, 1.82) is 0 Å². The minimum Gasteiger partial charge on any atom is -0.483 e. The number of amides is 2. The van der Waals surface area contributed by atoms with Gasteiger partial charge in [0, 0.05) is 20.1 Å². The Bertz CT molecular complexity index is 1160. The van der Waals surface area contributed by atoms with Crippen LogP contribution in [0.25, 0.3) is 0 Å². The fourth-order valence-electron chi connectivity index (χ4n) is 4.61. The number of rotatable bonds is 7. The standard InChI is InChI=1S/C24H29N3O5S/c1-26(21-10-6-8-17-7-2-3-9-19(17)21)23(28)16-32-22-12-11-18(15-20(22)24(25)29)33(30,31)27-13-4-5-14-27/h2-3,7,9,11-12,15,21H,4-6,8,10,13-14,16H2,1H3,(H2,25,29)/t21-/m0/s1. The number of nitrogens with zero attached hydrogens (tertiary/aromatic N) is 2. The molecule has 2 N–H and O–H groups in total. The van der Waals surface area contributed by atoms with Gasteiger partial charge in [0.15, 0.2) is 6.61 Å². The zero-order valence-electron chi connectivity index (χ0n) is 18.7. The van der Waals surface area contributed by atoms with Gasteiger partial charge in [0.25, 0.3) is 11.8 Å². The Labute approximate surface area is 194 Å². The summed E-state index contributed by atoms with van der Waals surface area (Å²) in [7, 11) is -1.96. The summed E-state index contributed by atoms with van der Waals surface area (Å²) in [5.41, 5.74) is 7.83. The van der Waals surface area contributed by atoms with Crippen LogP contribution >= 0.6 is 0 Å². The molecular formula is C24H29N3O5S. The maximum absolute atomic E-state index is 12.9. The number of primary amides is 1. The zero-order chi connectivity index (χ0) is 23.6. The number of fused-ring (bicyclic) bond motifs is 1. The van der Waals surface area contributed by atoms with E-state index >= 15 is 0 Å². The highest BCUT2D eigenvalue weighted by atomic mass is 32.2. The molecular weight excluding hydrogens is 442 g/mol. The average Bonchev–Trinajstić information content (AvgIpc) is 3.37. The van der Waals surface area contributed by atoms with Crippen molar-refractivity contribution in [1.82, 2.24) is 9.21 Å². The summed E-state index contributed by atoms with van der Waals surface area (Å²) in [6.45, 7) is 0.628. The monoisotopic (exact) mass is 471 g/mol. The third kappa shape index (κ3) is 4.74. The third-order valence-electron chi connectivity index (χ3n) is 6.47. The molecule has 0 saturated carbocycles. The van der Waals surface area contributed by atoms with E-state index in [2.05, 4.69) is 12.1 Å². The van der Waals surface area contributed by atoms with Crippen LogP contribution in [-0.4, -0.2) is 56.2 Å². The van der Waals surface area contributed by atoms with Gasteiger partial charge in [-0.1, -0.05) is 24.3 Å². The second kappa shape index (κ2) is 9.52. The molecule has 2 aromatic rings. The highest BCUT2D eigenvalue weighted by molar-refractivity contribution is 7.89. The van der Waals surface area contributed by atoms with Crippen molar-refractivity contribution >= 4 is 21.8 Å². The Morgan fingerprint density at radius 1 is 1.12 bits per heavy atom. The minimum atomic E-state index is -3.70. The summed E-state index contributed by atoms with van der Waals surface area (Å²) in [6, 6.07) is 12.1. The normalized spacial score (nSPS) is 18.5. The lowest BCUT2D eigenvalue weighted by atomic mass is 9.87. The van der Waals surface area contributed by atoms with Crippen LogP contribution in [0.4, 0.5) is 0 Å². The van der Waals surface area contributed by atoms with Crippen LogP contribution in [0.5, 0.6) is 5.75 Å². The van der Waals surface area contributed by atoms with Crippen molar-refractivity contribution in [3.63, 3.8) is 0 Å². The predicted molar refractivity (Wildman–Crippen MR) is 123 cm³/mol. The van der Waals surface area contributed by atoms with E-state index in [0.29, 0.717) is 13.1 Å². The third-order valence-corrected chi connectivity index (χ3v) is 8.36. The van der Waals surface area contributed by atoms with Gasteiger partial charge in [0.2, 0.25) is 10.0 Å². The number of benzene rings is 2. The molecule has 1 heterocycles. The van der Waals surface area contributed by atoms with Crippen molar-refractivity contribution < 1.29 is 22.7 Å². The van der Waals surface area contributed by atoms with E-state index in [9.17, 15) is 18.0 Å². The van der Waals surface area contributed by atoms with Gasteiger partial charge < -0.3 is 15.4 Å². The predicted octanol–water partition coefficient (Wildman–Crippen LogP) is 2.48. The number of nitrogens with two attached hydrogens (primary N) is 1. The second-order valence-corrected chi connectivity index (χ2v) is 10.5. The summed E-state index contributed by atoms with van der Waals surface area (Å²) >= 11 is 0. The number of carbonyl (C=O) groups is 2. The van der Waals surface area contributed by atoms with Gasteiger partial charge in [-0.15, -0.1) is 0 Å². The van der Waals surface area contributed by atoms with E-state index < -0.39 is 15.9 Å². The Balaban J connectivity index is 1.49. The summed E-state index contributed by atoms with van der Waals surface area (Å²) in [4.78, 5) is 26.6.